The highest BCUT2D eigenvalue weighted by atomic mass is 127. The maximum Gasteiger partial charge on any atom is 0.363 e. The van der Waals surface area contributed by atoms with Gasteiger partial charge in [-0.1, -0.05) is 13.0 Å². The van der Waals surface area contributed by atoms with Crippen LogP contribution in [0.25, 0.3) is 6.08 Å². The van der Waals surface area contributed by atoms with Crippen molar-refractivity contribution >= 4 is 62.4 Å². The van der Waals surface area contributed by atoms with Crippen molar-refractivity contribution in [1.82, 2.24) is 0 Å². The van der Waals surface area contributed by atoms with Crippen LogP contribution in [0.2, 0.25) is 0 Å². The zero-order chi connectivity index (χ0) is 21.0. The van der Waals surface area contributed by atoms with Crippen molar-refractivity contribution in [1.29, 1.82) is 0 Å². The average molecular weight is 570 g/mol. The first kappa shape index (κ1) is 21.5. The van der Waals surface area contributed by atoms with E-state index < -0.39 is 5.97 Å². The smallest absolute Gasteiger partial charge is 0.363 e. The highest BCUT2D eigenvalue weighted by molar-refractivity contribution is 14.1. The summed E-state index contributed by atoms with van der Waals surface area (Å²) in [5, 5.41) is 0. The van der Waals surface area contributed by atoms with Crippen LogP contribution in [0.4, 0.5) is 0 Å². The predicted octanol–water partition coefficient (Wildman–Crippen LogP) is 5.11. The van der Waals surface area contributed by atoms with Gasteiger partial charge in [-0.3, -0.25) is 4.79 Å². The molecule has 29 heavy (non-hydrogen) atoms. The van der Waals surface area contributed by atoms with E-state index in [1.165, 1.54) is 0 Å². The molecule has 0 saturated carbocycles. The summed E-state index contributed by atoms with van der Waals surface area (Å²) in [5.41, 5.74) is 1.55. The van der Waals surface area contributed by atoms with Crippen LogP contribution in [0.1, 0.15) is 31.4 Å². The van der Waals surface area contributed by atoms with Gasteiger partial charge >= 0.3 is 11.9 Å². The highest BCUT2D eigenvalue weighted by Crippen LogP contribution is 2.31. The molecule has 8 heteroatoms. The molecule has 1 aliphatic rings. The number of hydrogen-bond donors (Lipinski definition) is 0. The molecule has 0 saturated heterocycles. The molecule has 2 aromatic rings. The molecule has 1 heterocycles. The normalized spacial score (nSPS) is 14.6. The number of esters is 2. The quantitative estimate of drug-likeness (QED) is 0.209. The molecule has 2 aromatic carbocycles. The molecule has 0 unspecified atom stereocenters. The minimum absolute atomic E-state index is 0.176. The number of aliphatic imine (C=N–C) groups is 1. The molecular weight excluding hydrogens is 553 g/mol. The fraction of sp³-hybridized carbons (Fsp3) is 0.190. The summed E-state index contributed by atoms with van der Waals surface area (Å²) >= 11 is 5.66. The van der Waals surface area contributed by atoms with Gasteiger partial charge in [0, 0.05) is 20.0 Å². The van der Waals surface area contributed by atoms with Crippen LogP contribution in [-0.4, -0.2) is 24.4 Å². The van der Waals surface area contributed by atoms with E-state index in [0.717, 1.165) is 8.04 Å². The minimum atomic E-state index is -0.533. The van der Waals surface area contributed by atoms with Gasteiger partial charge in [0.1, 0.15) is 0 Å². The van der Waals surface area contributed by atoms with Gasteiger partial charge in [-0.15, -0.1) is 0 Å². The molecule has 1 aliphatic heterocycles. The Balaban J connectivity index is 1.91. The Hall–Kier alpha value is -2.20. The number of carbonyl (C=O) groups is 2. The number of carbonyl (C=O) groups excluding carboxylic acids is 2. The number of cyclic esters (lactones) is 1. The summed E-state index contributed by atoms with van der Waals surface area (Å²) < 4.78 is 18.1. The highest BCUT2D eigenvalue weighted by Gasteiger charge is 2.24. The number of nitrogens with zero attached hydrogens (tertiary/aromatic N) is 1. The number of benzene rings is 2. The van der Waals surface area contributed by atoms with Crippen LogP contribution in [0.5, 0.6) is 11.5 Å². The van der Waals surface area contributed by atoms with E-state index in [1.807, 2.05) is 25.1 Å². The van der Waals surface area contributed by atoms with Gasteiger partial charge in [0.15, 0.2) is 17.2 Å². The zero-order valence-electron chi connectivity index (χ0n) is 15.7. The Labute approximate surface area is 190 Å². The van der Waals surface area contributed by atoms with Gasteiger partial charge in [0.2, 0.25) is 5.90 Å². The number of ether oxygens (including phenoxy) is 3. The summed E-state index contributed by atoms with van der Waals surface area (Å²) in [6.07, 6.45) is 1.86. The van der Waals surface area contributed by atoms with Crippen LogP contribution >= 0.6 is 38.5 Å². The standard InChI is InChI=1S/C21H17BrINO5/c1-3-19(25)28-17-8-5-12(10-18(17)27-4-2)9-16-21(26)29-20(24-16)13-6-7-15(23)14(22)11-13/h5-11H,3-4H2,1-2H3/b16-9-. The molecule has 6 nitrogen and oxygen atoms in total. The van der Waals surface area contributed by atoms with Gasteiger partial charge < -0.3 is 14.2 Å². The second kappa shape index (κ2) is 9.53. The Kier molecular flexibility index (Phi) is 7.07. The monoisotopic (exact) mass is 569 g/mol. The third-order valence-electron chi connectivity index (χ3n) is 3.87. The van der Waals surface area contributed by atoms with Crippen LogP contribution in [-0.2, 0) is 14.3 Å². The first-order chi connectivity index (χ1) is 13.9. The Morgan fingerprint density at radius 3 is 2.69 bits per heavy atom. The van der Waals surface area contributed by atoms with E-state index >= 15 is 0 Å². The lowest BCUT2D eigenvalue weighted by Gasteiger charge is -2.10. The van der Waals surface area contributed by atoms with E-state index in [-0.39, 0.29) is 24.0 Å². The summed E-state index contributed by atoms with van der Waals surface area (Å²) in [6, 6.07) is 10.6. The van der Waals surface area contributed by atoms with Crippen molar-refractivity contribution in [3.8, 4) is 11.5 Å². The van der Waals surface area contributed by atoms with Gasteiger partial charge in [-0.2, -0.15) is 0 Å². The second-order valence-electron chi connectivity index (χ2n) is 5.93. The molecule has 0 spiro atoms. The fourth-order valence-electron chi connectivity index (χ4n) is 2.48. The van der Waals surface area contributed by atoms with E-state index in [0.29, 0.717) is 29.2 Å². The summed E-state index contributed by atoms with van der Waals surface area (Å²) in [4.78, 5) is 28.2. The lowest BCUT2D eigenvalue weighted by Crippen LogP contribution is -2.07. The molecule has 0 bridgehead atoms. The molecule has 0 N–H and O–H groups in total. The molecule has 0 aliphatic carbocycles. The van der Waals surface area contributed by atoms with Crippen LogP contribution in [0.3, 0.4) is 0 Å². The maximum atomic E-state index is 12.3. The molecule has 0 aromatic heterocycles. The van der Waals surface area contributed by atoms with Gasteiger partial charge in [-0.05, 0) is 87.4 Å². The van der Waals surface area contributed by atoms with Crippen molar-refractivity contribution in [2.24, 2.45) is 4.99 Å². The second-order valence-corrected chi connectivity index (χ2v) is 7.95. The van der Waals surface area contributed by atoms with E-state index in [4.69, 9.17) is 14.2 Å². The van der Waals surface area contributed by atoms with Gasteiger partial charge in [-0.25, -0.2) is 9.79 Å². The SMILES string of the molecule is CCOc1cc(/C=C2\N=C(c3ccc(I)c(Br)c3)OC2=O)ccc1OC(=O)CC. The summed E-state index contributed by atoms with van der Waals surface area (Å²) in [5.74, 6) is 0.115. The van der Waals surface area contributed by atoms with Crippen molar-refractivity contribution in [3.05, 3.63) is 61.3 Å². The van der Waals surface area contributed by atoms with Gasteiger partial charge in [0.05, 0.1) is 6.61 Å². The third kappa shape index (κ3) is 5.24. The van der Waals surface area contributed by atoms with Crippen LogP contribution < -0.4 is 9.47 Å². The molecule has 3 rings (SSSR count). The molecule has 0 atom stereocenters. The van der Waals surface area contributed by atoms with Crippen molar-refractivity contribution < 1.29 is 23.8 Å². The molecular formula is C21H17BrINO5. The first-order valence-electron chi connectivity index (χ1n) is 8.86. The Morgan fingerprint density at radius 1 is 1.21 bits per heavy atom. The number of hydrogen-bond acceptors (Lipinski definition) is 6. The van der Waals surface area contributed by atoms with E-state index in [9.17, 15) is 9.59 Å². The van der Waals surface area contributed by atoms with Crippen molar-refractivity contribution in [3.63, 3.8) is 0 Å². The zero-order valence-corrected chi connectivity index (χ0v) is 19.4. The molecule has 0 radical (unpaired) electrons. The van der Waals surface area contributed by atoms with Crippen molar-refractivity contribution in [2.45, 2.75) is 20.3 Å². The first-order valence-corrected chi connectivity index (χ1v) is 10.7. The van der Waals surface area contributed by atoms with E-state index in [2.05, 4.69) is 43.5 Å². The fourth-order valence-corrected chi connectivity index (χ4v) is 3.20. The minimum Gasteiger partial charge on any atom is -0.490 e. The third-order valence-corrected chi connectivity index (χ3v) is 6.21. The lowest BCUT2D eigenvalue weighted by molar-refractivity contribution is -0.134. The van der Waals surface area contributed by atoms with Gasteiger partial charge in [0.25, 0.3) is 0 Å². The molecule has 0 amide bonds. The lowest BCUT2D eigenvalue weighted by atomic mass is 10.1. The topological polar surface area (TPSA) is 74.2 Å². The predicted molar refractivity (Wildman–Crippen MR) is 121 cm³/mol. The number of halogens is 2. The summed E-state index contributed by atoms with van der Waals surface area (Å²) in [6.45, 7) is 3.96. The molecule has 150 valence electrons. The Morgan fingerprint density at radius 2 is 2.00 bits per heavy atom. The largest absolute Gasteiger partial charge is 0.490 e. The Bertz CT molecular complexity index is 1030. The van der Waals surface area contributed by atoms with Crippen molar-refractivity contribution in [2.75, 3.05) is 6.61 Å². The average Bonchev–Trinajstić information content (AvgIpc) is 3.06. The summed E-state index contributed by atoms with van der Waals surface area (Å²) in [7, 11) is 0. The van der Waals surface area contributed by atoms with Crippen LogP contribution in [0.15, 0.2) is 51.6 Å². The number of rotatable bonds is 6. The van der Waals surface area contributed by atoms with E-state index in [1.54, 1.807) is 31.2 Å². The maximum absolute atomic E-state index is 12.3. The molecule has 0 fully saturated rings. The van der Waals surface area contributed by atoms with Crippen LogP contribution in [0, 0.1) is 3.57 Å².